The zero-order chi connectivity index (χ0) is 12.8. The Morgan fingerprint density at radius 3 is 3.11 bits per heavy atom. The van der Waals surface area contributed by atoms with E-state index in [1.165, 1.54) is 4.88 Å². The van der Waals surface area contributed by atoms with Crippen LogP contribution in [-0.4, -0.2) is 6.04 Å². The lowest BCUT2D eigenvalue weighted by Crippen LogP contribution is -2.25. The number of furan rings is 1. The van der Waals surface area contributed by atoms with Crippen LogP contribution in [0.3, 0.4) is 0 Å². The first kappa shape index (κ1) is 12.9. The maximum atomic E-state index is 8.74. The zero-order valence-corrected chi connectivity index (χ0v) is 11.2. The van der Waals surface area contributed by atoms with Gasteiger partial charge >= 0.3 is 0 Å². The molecule has 4 heteroatoms. The molecule has 94 valence electrons. The second-order valence-corrected chi connectivity index (χ2v) is 5.31. The van der Waals surface area contributed by atoms with Crippen LogP contribution < -0.4 is 5.32 Å². The molecule has 3 nitrogen and oxygen atoms in total. The molecular weight excluding hydrogens is 244 g/mol. The molecule has 0 saturated heterocycles. The van der Waals surface area contributed by atoms with Gasteiger partial charge in [0.15, 0.2) is 0 Å². The van der Waals surface area contributed by atoms with Gasteiger partial charge in [-0.05, 0) is 31.5 Å². The van der Waals surface area contributed by atoms with Crippen molar-refractivity contribution in [3.05, 3.63) is 46.0 Å². The minimum absolute atomic E-state index is 0.433. The Morgan fingerprint density at radius 1 is 1.56 bits per heavy atom. The number of rotatable bonds is 6. The van der Waals surface area contributed by atoms with E-state index in [0.717, 1.165) is 30.7 Å². The number of nitriles is 1. The lowest BCUT2D eigenvalue weighted by Gasteiger charge is -2.11. The van der Waals surface area contributed by atoms with Crippen LogP contribution in [0.2, 0.25) is 0 Å². The highest BCUT2D eigenvalue weighted by molar-refractivity contribution is 7.10. The van der Waals surface area contributed by atoms with Gasteiger partial charge in [-0.25, -0.2) is 0 Å². The topological polar surface area (TPSA) is 49.0 Å². The van der Waals surface area contributed by atoms with Gasteiger partial charge in [0.05, 0.1) is 11.8 Å². The molecule has 0 spiro atoms. The lowest BCUT2D eigenvalue weighted by molar-refractivity contribution is 0.461. The van der Waals surface area contributed by atoms with Crippen LogP contribution >= 0.6 is 11.3 Å². The second-order valence-electron chi connectivity index (χ2n) is 4.31. The van der Waals surface area contributed by atoms with Crippen molar-refractivity contribution in [2.45, 2.75) is 32.4 Å². The highest BCUT2D eigenvalue weighted by atomic mass is 32.1. The molecular formula is C14H16N2OS. The first-order valence-corrected chi connectivity index (χ1v) is 6.89. The quantitative estimate of drug-likeness (QED) is 0.866. The van der Waals surface area contributed by atoms with Crippen molar-refractivity contribution in [2.75, 3.05) is 0 Å². The molecule has 0 aliphatic rings. The van der Waals surface area contributed by atoms with Crippen molar-refractivity contribution in [1.29, 1.82) is 5.26 Å². The van der Waals surface area contributed by atoms with Gasteiger partial charge < -0.3 is 9.73 Å². The normalized spacial score (nSPS) is 12.2. The minimum atomic E-state index is 0.433. The number of thiophene rings is 1. The van der Waals surface area contributed by atoms with Crippen molar-refractivity contribution in [1.82, 2.24) is 5.32 Å². The summed E-state index contributed by atoms with van der Waals surface area (Å²) in [6.45, 7) is 2.99. The fraction of sp³-hybridized carbons (Fsp3) is 0.357. The summed E-state index contributed by atoms with van der Waals surface area (Å²) in [5.74, 6) is 1.03. The summed E-state index contributed by atoms with van der Waals surface area (Å²) < 4.78 is 5.30. The van der Waals surface area contributed by atoms with E-state index in [-0.39, 0.29) is 0 Å². The molecule has 1 unspecified atom stereocenters. The predicted octanol–water partition coefficient (Wildman–Crippen LogP) is 3.32. The van der Waals surface area contributed by atoms with Gasteiger partial charge in [-0.3, -0.25) is 0 Å². The van der Waals surface area contributed by atoms with E-state index in [9.17, 15) is 0 Å². The molecule has 2 rings (SSSR count). The van der Waals surface area contributed by atoms with E-state index < -0.39 is 0 Å². The molecule has 2 aromatic heterocycles. The van der Waals surface area contributed by atoms with Crippen molar-refractivity contribution in [3.63, 3.8) is 0 Å². The molecule has 2 heterocycles. The van der Waals surface area contributed by atoms with Crippen LogP contribution in [0.4, 0.5) is 0 Å². The van der Waals surface area contributed by atoms with Gasteiger partial charge in [0.1, 0.15) is 11.8 Å². The molecule has 2 aromatic rings. The first-order chi connectivity index (χ1) is 8.78. The summed E-state index contributed by atoms with van der Waals surface area (Å²) in [5.41, 5.74) is 0.750. The Labute approximate surface area is 111 Å². The molecule has 0 fully saturated rings. The number of aryl methyl sites for hydroxylation is 1. The highest BCUT2D eigenvalue weighted by Gasteiger charge is 2.05. The molecule has 18 heavy (non-hydrogen) atoms. The number of nitrogens with zero attached hydrogens (tertiary/aromatic N) is 1. The summed E-state index contributed by atoms with van der Waals surface area (Å²) >= 11 is 1.63. The van der Waals surface area contributed by atoms with E-state index in [2.05, 4.69) is 18.3 Å². The molecule has 1 atom stereocenters. The van der Waals surface area contributed by atoms with Crippen LogP contribution in [0.15, 0.2) is 34.3 Å². The van der Waals surface area contributed by atoms with Crippen LogP contribution in [-0.2, 0) is 13.0 Å². The third-order valence-electron chi connectivity index (χ3n) is 2.81. The van der Waals surface area contributed by atoms with Crippen LogP contribution in [0.25, 0.3) is 0 Å². The van der Waals surface area contributed by atoms with Crippen LogP contribution in [0, 0.1) is 11.3 Å². The molecule has 1 N–H and O–H groups in total. The zero-order valence-electron chi connectivity index (χ0n) is 10.3. The third kappa shape index (κ3) is 3.73. The Kier molecular flexibility index (Phi) is 4.57. The van der Waals surface area contributed by atoms with E-state index in [0.29, 0.717) is 6.04 Å². The lowest BCUT2D eigenvalue weighted by atomic mass is 10.1. The number of hydrogen-bond acceptors (Lipinski definition) is 4. The largest absolute Gasteiger partial charge is 0.469 e. The fourth-order valence-electron chi connectivity index (χ4n) is 1.72. The van der Waals surface area contributed by atoms with Gasteiger partial charge in [0, 0.05) is 29.3 Å². The Balaban J connectivity index is 1.71. The van der Waals surface area contributed by atoms with Crippen molar-refractivity contribution < 1.29 is 4.42 Å². The van der Waals surface area contributed by atoms with E-state index in [4.69, 9.17) is 9.68 Å². The Bertz CT molecular complexity index is 510. The smallest absolute Gasteiger partial charge is 0.103 e. The van der Waals surface area contributed by atoms with E-state index >= 15 is 0 Å². The summed E-state index contributed by atoms with van der Waals surface area (Å²) in [6.07, 6.45) is 3.71. The fourth-order valence-corrected chi connectivity index (χ4v) is 2.48. The van der Waals surface area contributed by atoms with Crippen LogP contribution in [0.1, 0.15) is 29.5 Å². The predicted molar refractivity (Wildman–Crippen MR) is 72.4 cm³/mol. The highest BCUT2D eigenvalue weighted by Crippen LogP contribution is 2.14. The molecule has 0 aromatic carbocycles. The monoisotopic (exact) mass is 260 g/mol. The summed E-state index contributed by atoms with van der Waals surface area (Å²) in [5, 5.41) is 14.1. The number of nitrogens with one attached hydrogen (secondary N) is 1. The second kappa shape index (κ2) is 6.39. The summed E-state index contributed by atoms with van der Waals surface area (Å²) in [4.78, 5) is 1.20. The molecule has 0 saturated carbocycles. The van der Waals surface area contributed by atoms with Gasteiger partial charge in [-0.15, -0.1) is 11.3 Å². The van der Waals surface area contributed by atoms with Crippen molar-refractivity contribution >= 4 is 11.3 Å². The van der Waals surface area contributed by atoms with Crippen LogP contribution in [0.5, 0.6) is 0 Å². The van der Waals surface area contributed by atoms with Gasteiger partial charge in [0.25, 0.3) is 0 Å². The Morgan fingerprint density at radius 2 is 2.44 bits per heavy atom. The van der Waals surface area contributed by atoms with Gasteiger partial charge in [0.2, 0.25) is 0 Å². The average molecular weight is 260 g/mol. The van der Waals surface area contributed by atoms with E-state index in [1.54, 1.807) is 17.6 Å². The maximum Gasteiger partial charge on any atom is 0.103 e. The third-order valence-corrected chi connectivity index (χ3v) is 3.75. The summed E-state index contributed by atoms with van der Waals surface area (Å²) in [7, 11) is 0. The average Bonchev–Trinajstić information content (AvgIpc) is 3.04. The van der Waals surface area contributed by atoms with Crippen molar-refractivity contribution in [3.8, 4) is 6.07 Å². The van der Waals surface area contributed by atoms with Gasteiger partial charge in [-0.2, -0.15) is 5.26 Å². The number of hydrogen-bond donors (Lipinski definition) is 1. The summed E-state index contributed by atoms with van der Waals surface area (Å²) in [6, 6.07) is 8.45. The standard InChI is InChI=1S/C14H16N2OS/c1-11(4-5-13-3-2-6-17-13)16-9-14-7-12(8-15)10-18-14/h2-3,6-7,10-11,16H,4-5,9H2,1H3. The molecule has 0 bridgehead atoms. The maximum absolute atomic E-state index is 8.74. The Hall–Kier alpha value is -1.57. The van der Waals surface area contributed by atoms with E-state index in [1.807, 2.05) is 23.6 Å². The molecule has 0 amide bonds. The minimum Gasteiger partial charge on any atom is -0.469 e. The molecule has 0 aliphatic carbocycles. The first-order valence-electron chi connectivity index (χ1n) is 6.01. The molecule has 0 radical (unpaired) electrons. The molecule has 0 aliphatic heterocycles. The SMILES string of the molecule is CC(CCc1ccco1)NCc1cc(C#N)cs1. The van der Waals surface area contributed by atoms with Gasteiger partial charge in [-0.1, -0.05) is 0 Å². The van der Waals surface area contributed by atoms with Crippen molar-refractivity contribution in [2.24, 2.45) is 0 Å².